The van der Waals surface area contributed by atoms with E-state index in [0.29, 0.717) is 29.6 Å². The van der Waals surface area contributed by atoms with Crippen LogP contribution in [0, 0.1) is 5.92 Å². The third-order valence-corrected chi connectivity index (χ3v) is 5.55. The second kappa shape index (κ2) is 11.7. The first-order valence-electron chi connectivity index (χ1n) is 10.1. The van der Waals surface area contributed by atoms with Crippen molar-refractivity contribution < 1.29 is 22.7 Å². The maximum Gasteiger partial charge on any atom is 0.426 e. The summed E-state index contributed by atoms with van der Waals surface area (Å²) < 4.78 is 45.5. The number of carbonyl (C=O) groups excluding carboxylic acids is 1. The molecule has 0 bridgehead atoms. The number of piperidine rings is 1. The van der Waals surface area contributed by atoms with Crippen LogP contribution in [0.5, 0.6) is 0 Å². The van der Waals surface area contributed by atoms with Crippen molar-refractivity contribution in [3.8, 4) is 0 Å². The van der Waals surface area contributed by atoms with E-state index in [2.05, 4.69) is 0 Å². The molecule has 0 saturated carbocycles. The molecule has 0 amide bonds. The molecule has 1 saturated heterocycles. The Morgan fingerprint density at radius 3 is 2.42 bits per heavy atom. The number of hydrogen-bond donors (Lipinski definition) is 0. The molecule has 0 aliphatic carbocycles. The van der Waals surface area contributed by atoms with E-state index in [4.69, 9.17) is 16.3 Å². The molecule has 2 unspecified atom stereocenters. The van der Waals surface area contributed by atoms with Gasteiger partial charge in [0.05, 0.1) is 6.42 Å². The lowest BCUT2D eigenvalue weighted by molar-refractivity contribution is -0.225. The first kappa shape index (κ1) is 25.5. The Morgan fingerprint density at radius 1 is 1.10 bits per heavy atom. The molecular weight excluding hydrogens is 450 g/mol. The van der Waals surface area contributed by atoms with Gasteiger partial charge in [-0.2, -0.15) is 13.2 Å². The summed E-state index contributed by atoms with van der Waals surface area (Å²) >= 11 is 5.79. The fraction of sp³-hybridized carbons (Fsp3) is 0.435. The van der Waals surface area contributed by atoms with Crippen LogP contribution in [-0.2, 0) is 22.4 Å². The lowest BCUT2D eigenvalue weighted by Crippen LogP contribution is -2.47. The number of likely N-dealkylation sites (tertiary alicyclic amines) is 1. The van der Waals surface area contributed by atoms with Crippen LogP contribution in [0.15, 0.2) is 54.6 Å². The topological polar surface area (TPSA) is 29.5 Å². The number of hydrogen-bond acceptors (Lipinski definition) is 3. The molecule has 0 aromatic heterocycles. The Balaban J connectivity index is 0.00000341. The molecule has 0 spiro atoms. The van der Waals surface area contributed by atoms with Crippen LogP contribution in [0.25, 0.3) is 0 Å². The van der Waals surface area contributed by atoms with Crippen molar-refractivity contribution in [2.75, 3.05) is 19.6 Å². The predicted molar refractivity (Wildman–Crippen MR) is 118 cm³/mol. The van der Waals surface area contributed by atoms with Gasteiger partial charge in [0.25, 0.3) is 0 Å². The molecule has 31 heavy (non-hydrogen) atoms. The number of benzene rings is 2. The Labute approximate surface area is 191 Å². The van der Waals surface area contributed by atoms with Gasteiger partial charge in [0.2, 0.25) is 6.10 Å². The van der Waals surface area contributed by atoms with Gasteiger partial charge in [-0.05, 0) is 55.0 Å². The molecular formula is C23H26Cl2F3NO2. The van der Waals surface area contributed by atoms with Crippen LogP contribution >= 0.6 is 24.0 Å². The average Bonchev–Trinajstić information content (AvgIpc) is 2.70. The minimum atomic E-state index is -4.61. The summed E-state index contributed by atoms with van der Waals surface area (Å²) in [6.07, 6.45) is -4.31. The summed E-state index contributed by atoms with van der Waals surface area (Å²) in [5, 5.41) is 0.496. The molecule has 2 atom stereocenters. The van der Waals surface area contributed by atoms with Crippen molar-refractivity contribution in [2.24, 2.45) is 5.92 Å². The van der Waals surface area contributed by atoms with E-state index >= 15 is 0 Å². The maximum atomic E-state index is 13.5. The highest BCUT2D eigenvalue weighted by Crippen LogP contribution is 2.27. The average molecular weight is 476 g/mol. The predicted octanol–water partition coefficient (Wildman–Crippen LogP) is 5.73. The van der Waals surface area contributed by atoms with Gasteiger partial charge in [0.15, 0.2) is 0 Å². The number of rotatable bonds is 7. The normalized spacial score (nSPS) is 18.1. The summed E-state index contributed by atoms with van der Waals surface area (Å²) in [4.78, 5) is 13.9. The van der Waals surface area contributed by atoms with Crippen molar-refractivity contribution in [1.29, 1.82) is 0 Å². The second-order valence-electron chi connectivity index (χ2n) is 7.78. The highest BCUT2D eigenvalue weighted by atomic mass is 35.5. The Kier molecular flexibility index (Phi) is 9.66. The molecule has 1 aliphatic rings. The monoisotopic (exact) mass is 475 g/mol. The third-order valence-electron chi connectivity index (χ3n) is 5.29. The van der Waals surface area contributed by atoms with Crippen molar-refractivity contribution in [3.63, 3.8) is 0 Å². The molecule has 3 nitrogen and oxygen atoms in total. The van der Waals surface area contributed by atoms with E-state index < -0.39 is 18.2 Å². The van der Waals surface area contributed by atoms with E-state index in [9.17, 15) is 18.0 Å². The van der Waals surface area contributed by atoms with Crippen LogP contribution in [0.4, 0.5) is 13.2 Å². The van der Waals surface area contributed by atoms with E-state index in [0.717, 1.165) is 19.3 Å². The molecule has 3 rings (SSSR count). The minimum Gasteiger partial charge on any atom is -0.451 e. The highest BCUT2D eigenvalue weighted by Gasteiger charge is 2.44. The Hall–Kier alpha value is -1.76. The fourth-order valence-electron chi connectivity index (χ4n) is 3.84. The zero-order valence-electron chi connectivity index (χ0n) is 17.0. The van der Waals surface area contributed by atoms with E-state index in [1.807, 2.05) is 30.3 Å². The van der Waals surface area contributed by atoms with Gasteiger partial charge in [-0.15, -0.1) is 12.4 Å². The largest absolute Gasteiger partial charge is 0.451 e. The number of esters is 1. The van der Waals surface area contributed by atoms with Crippen LogP contribution in [0.3, 0.4) is 0 Å². The van der Waals surface area contributed by atoms with Gasteiger partial charge in [-0.1, -0.05) is 54.1 Å². The SMILES string of the molecule is Cl.O=C(Cc1ccc(Cl)cc1)OC(CN1CCCC(Cc2ccccc2)C1)C(F)(F)F. The Morgan fingerprint density at radius 2 is 1.77 bits per heavy atom. The van der Waals surface area contributed by atoms with E-state index in [1.54, 1.807) is 29.2 Å². The first-order chi connectivity index (χ1) is 14.3. The van der Waals surface area contributed by atoms with Crippen molar-refractivity contribution in [1.82, 2.24) is 4.90 Å². The van der Waals surface area contributed by atoms with Gasteiger partial charge in [0, 0.05) is 18.1 Å². The zero-order valence-corrected chi connectivity index (χ0v) is 18.6. The molecule has 0 radical (unpaired) electrons. The minimum absolute atomic E-state index is 0. The standard InChI is InChI=1S/C23H25ClF3NO2.ClH/c24-20-10-8-18(9-11-20)14-22(29)30-21(23(25,26)27)16-28-12-4-7-19(15-28)13-17-5-2-1-3-6-17;/h1-3,5-6,8-11,19,21H,4,7,12-16H2;1H. The lowest BCUT2D eigenvalue weighted by atomic mass is 9.91. The second-order valence-corrected chi connectivity index (χ2v) is 8.22. The first-order valence-corrected chi connectivity index (χ1v) is 10.4. The van der Waals surface area contributed by atoms with Crippen molar-refractivity contribution in [2.45, 2.75) is 38.0 Å². The van der Waals surface area contributed by atoms with Gasteiger partial charge >= 0.3 is 12.1 Å². The number of ether oxygens (including phenoxy) is 1. The number of halogens is 5. The van der Waals surface area contributed by atoms with Gasteiger partial charge in [-0.3, -0.25) is 9.69 Å². The summed E-state index contributed by atoms with van der Waals surface area (Å²) in [7, 11) is 0. The number of nitrogens with zero attached hydrogens (tertiary/aromatic N) is 1. The molecule has 0 N–H and O–H groups in total. The smallest absolute Gasteiger partial charge is 0.426 e. The summed E-state index contributed by atoms with van der Waals surface area (Å²) in [6, 6.07) is 16.3. The van der Waals surface area contributed by atoms with Crippen LogP contribution in [-0.4, -0.2) is 42.8 Å². The summed E-state index contributed by atoms with van der Waals surface area (Å²) in [5.74, 6) is -0.600. The van der Waals surface area contributed by atoms with Gasteiger partial charge in [-0.25, -0.2) is 0 Å². The summed E-state index contributed by atoms with van der Waals surface area (Å²) in [6.45, 7) is 0.809. The summed E-state index contributed by atoms with van der Waals surface area (Å²) in [5.41, 5.74) is 1.75. The van der Waals surface area contributed by atoms with E-state index in [1.165, 1.54) is 5.56 Å². The molecule has 2 aromatic carbocycles. The van der Waals surface area contributed by atoms with Crippen LogP contribution in [0.1, 0.15) is 24.0 Å². The number of alkyl halides is 3. The highest BCUT2D eigenvalue weighted by molar-refractivity contribution is 6.30. The fourth-order valence-corrected chi connectivity index (χ4v) is 3.97. The molecule has 2 aromatic rings. The zero-order chi connectivity index (χ0) is 21.6. The molecule has 1 fully saturated rings. The molecule has 8 heteroatoms. The maximum absolute atomic E-state index is 13.5. The number of carbonyl (C=O) groups is 1. The lowest BCUT2D eigenvalue weighted by Gasteiger charge is -2.35. The van der Waals surface area contributed by atoms with E-state index in [-0.39, 0.29) is 25.4 Å². The van der Waals surface area contributed by atoms with Crippen LogP contribution < -0.4 is 0 Å². The third kappa shape index (κ3) is 8.36. The quantitative estimate of drug-likeness (QED) is 0.478. The molecule has 170 valence electrons. The van der Waals surface area contributed by atoms with Gasteiger partial charge in [0.1, 0.15) is 0 Å². The molecule has 1 aliphatic heterocycles. The van der Waals surface area contributed by atoms with Crippen molar-refractivity contribution >= 4 is 30.0 Å². The molecule has 1 heterocycles. The van der Waals surface area contributed by atoms with Crippen molar-refractivity contribution in [3.05, 3.63) is 70.7 Å². The van der Waals surface area contributed by atoms with Gasteiger partial charge < -0.3 is 4.74 Å². The van der Waals surface area contributed by atoms with Crippen LogP contribution in [0.2, 0.25) is 5.02 Å². The Bertz CT molecular complexity index is 816.